The largest absolute Gasteiger partial charge is 0.308 e. The summed E-state index contributed by atoms with van der Waals surface area (Å²) in [6.07, 6.45) is 9.86. The Labute approximate surface area is 129 Å². The second-order valence-corrected chi connectivity index (χ2v) is 6.79. The molecule has 1 aliphatic heterocycles. The van der Waals surface area contributed by atoms with Gasteiger partial charge in [0.1, 0.15) is 0 Å². The van der Waals surface area contributed by atoms with E-state index in [-0.39, 0.29) is 0 Å². The lowest BCUT2D eigenvalue weighted by Gasteiger charge is -2.32. The van der Waals surface area contributed by atoms with Crippen molar-refractivity contribution in [3.05, 3.63) is 35.9 Å². The number of hydrogen-bond donors (Lipinski definition) is 1. The number of hydrogen-bond acceptors (Lipinski definition) is 2. The summed E-state index contributed by atoms with van der Waals surface area (Å²) in [6.45, 7) is 4.97. The molecule has 1 saturated heterocycles. The number of rotatable bonds is 6. The second-order valence-electron chi connectivity index (χ2n) is 6.79. The van der Waals surface area contributed by atoms with Crippen molar-refractivity contribution < 1.29 is 0 Å². The van der Waals surface area contributed by atoms with Gasteiger partial charge in [0, 0.05) is 19.1 Å². The van der Waals surface area contributed by atoms with E-state index in [4.69, 9.17) is 0 Å². The molecule has 2 aliphatic rings. The topological polar surface area (TPSA) is 15.3 Å². The van der Waals surface area contributed by atoms with Gasteiger partial charge in [-0.1, -0.05) is 49.6 Å². The minimum Gasteiger partial charge on any atom is -0.308 e. The zero-order valence-corrected chi connectivity index (χ0v) is 13.3. The van der Waals surface area contributed by atoms with Crippen LogP contribution in [-0.2, 0) is 0 Å². The maximum absolute atomic E-state index is 3.89. The van der Waals surface area contributed by atoms with E-state index in [0.717, 1.165) is 12.5 Å². The predicted molar refractivity (Wildman–Crippen MR) is 89.4 cm³/mol. The Morgan fingerprint density at radius 2 is 1.67 bits per heavy atom. The molecule has 3 rings (SSSR count). The van der Waals surface area contributed by atoms with Crippen molar-refractivity contribution in [2.45, 2.75) is 51.0 Å². The minimum absolute atomic E-state index is 0.564. The number of likely N-dealkylation sites (tertiary alicyclic amines) is 1. The summed E-state index contributed by atoms with van der Waals surface area (Å²) >= 11 is 0. The SMILES string of the molecule is c1ccc(C(NCCN2CCCC2)C2CCCCC2)cc1. The third-order valence-corrected chi connectivity index (χ3v) is 5.27. The molecule has 1 saturated carbocycles. The first kappa shape index (κ1) is 15.1. The molecular formula is C19H30N2. The maximum Gasteiger partial charge on any atom is 0.0349 e. The van der Waals surface area contributed by atoms with Gasteiger partial charge in [-0.3, -0.25) is 0 Å². The van der Waals surface area contributed by atoms with E-state index in [9.17, 15) is 0 Å². The fourth-order valence-electron chi connectivity index (χ4n) is 4.07. The molecule has 0 amide bonds. The van der Waals surface area contributed by atoms with E-state index in [1.807, 2.05) is 0 Å². The van der Waals surface area contributed by atoms with Gasteiger partial charge in [0.2, 0.25) is 0 Å². The fourth-order valence-corrected chi connectivity index (χ4v) is 4.07. The third kappa shape index (κ3) is 4.31. The highest BCUT2D eigenvalue weighted by Gasteiger charge is 2.24. The van der Waals surface area contributed by atoms with E-state index >= 15 is 0 Å². The first-order valence-corrected chi connectivity index (χ1v) is 8.94. The Kier molecular flexibility index (Phi) is 5.70. The molecule has 2 fully saturated rings. The molecule has 1 N–H and O–H groups in total. The van der Waals surface area contributed by atoms with Crippen LogP contribution in [0, 0.1) is 5.92 Å². The summed E-state index contributed by atoms with van der Waals surface area (Å²) < 4.78 is 0. The summed E-state index contributed by atoms with van der Waals surface area (Å²) in [5.41, 5.74) is 1.49. The van der Waals surface area contributed by atoms with Crippen LogP contribution in [0.1, 0.15) is 56.6 Å². The molecule has 1 aliphatic carbocycles. The summed E-state index contributed by atoms with van der Waals surface area (Å²) in [5, 5.41) is 3.89. The normalized spacial score (nSPS) is 22.5. The fraction of sp³-hybridized carbons (Fsp3) is 0.684. The number of nitrogens with zero attached hydrogens (tertiary/aromatic N) is 1. The zero-order chi connectivity index (χ0) is 14.3. The average Bonchev–Trinajstić information content (AvgIpc) is 3.07. The van der Waals surface area contributed by atoms with Crippen LogP contribution in [-0.4, -0.2) is 31.1 Å². The van der Waals surface area contributed by atoms with Crippen LogP contribution in [0.4, 0.5) is 0 Å². The highest BCUT2D eigenvalue weighted by atomic mass is 15.2. The third-order valence-electron chi connectivity index (χ3n) is 5.27. The van der Waals surface area contributed by atoms with Crippen molar-refractivity contribution in [3.63, 3.8) is 0 Å². The van der Waals surface area contributed by atoms with Crippen LogP contribution in [0.5, 0.6) is 0 Å². The molecule has 1 atom stereocenters. The predicted octanol–water partition coefficient (Wildman–Crippen LogP) is 3.99. The molecule has 21 heavy (non-hydrogen) atoms. The molecular weight excluding hydrogens is 256 g/mol. The van der Waals surface area contributed by atoms with E-state index < -0.39 is 0 Å². The van der Waals surface area contributed by atoms with Crippen LogP contribution in [0.15, 0.2) is 30.3 Å². The van der Waals surface area contributed by atoms with Crippen LogP contribution in [0.2, 0.25) is 0 Å². The van der Waals surface area contributed by atoms with E-state index in [2.05, 4.69) is 40.5 Å². The highest BCUT2D eigenvalue weighted by Crippen LogP contribution is 2.34. The summed E-state index contributed by atoms with van der Waals surface area (Å²) in [4.78, 5) is 2.61. The first-order valence-electron chi connectivity index (χ1n) is 8.94. The molecule has 1 heterocycles. The highest BCUT2D eigenvalue weighted by molar-refractivity contribution is 5.20. The molecule has 2 nitrogen and oxygen atoms in total. The van der Waals surface area contributed by atoms with Crippen LogP contribution < -0.4 is 5.32 Å². The molecule has 116 valence electrons. The average molecular weight is 286 g/mol. The van der Waals surface area contributed by atoms with Crippen molar-refractivity contribution in [1.29, 1.82) is 0 Å². The molecule has 2 heteroatoms. The summed E-state index contributed by atoms with van der Waals surface area (Å²) in [7, 11) is 0. The second kappa shape index (κ2) is 7.95. The summed E-state index contributed by atoms with van der Waals surface area (Å²) in [5.74, 6) is 0.833. The molecule has 0 spiro atoms. The van der Waals surface area contributed by atoms with Crippen LogP contribution in [0.25, 0.3) is 0 Å². The monoisotopic (exact) mass is 286 g/mol. The van der Waals surface area contributed by atoms with Gasteiger partial charge in [0.05, 0.1) is 0 Å². The Morgan fingerprint density at radius 3 is 2.38 bits per heavy atom. The van der Waals surface area contributed by atoms with Crippen LogP contribution in [0.3, 0.4) is 0 Å². The Bertz CT molecular complexity index is 391. The van der Waals surface area contributed by atoms with Gasteiger partial charge >= 0.3 is 0 Å². The Balaban J connectivity index is 1.58. The van der Waals surface area contributed by atoms with Gasteiger partial charge in [0.15, 0.2) is 0 Å². The van der Waals surface area contributed by atoms with Gasteiger partial charge in [-0.25, -0.2) is 0 Å². The van der Waals surface area contributed by atoms with E-state index in [1.165, 1.54) is 70.1 Å². The van der Waals surface area contributed by atoms with E-state index in [1.54, 1.807) is 0 Å². The molecule has 0 aromatic heterocycles. The maximum atomic E-state index is 3.89. The molecule has 1 unspecified atom stereocenters. The summed E-state index contributed by atoms with van der Waals surface area (Å²) in [6, 6.07) is 11.7. The lowest BCUT2D eigenvalue weighted by Crippen LogP contribution is -2.35. The van der Waals surface area contributed by atoms with Crippen molar-refractivity contribution >= 4 is 0 Å². The number of nitrogens with one attached hydrogen (secondary N) is 1. The van der Waals surface area contributed by atoms with Crippen molar-refractivity contribution in [2.75, 3.05) is 26.2 Å². The lowest BCUT2D eigenvalue weighted by atomic mass is 9.81. The lowest BCUT2D eigenvalue weighted by molar-refractivity contribution is 0.256. The van der Waals surface area contributed by atoms with E-state index in [0.29, 0.717) is 6.04 Å². The van der Waals surface area contributed by atoms with Gasteiger partial charge < -0.3 is 10.2 Å². The molecule has 0 bridgehead atoms. The Hall–Kier alpha value is -0.860. The van der Waals surface area contributed by atoms with Crippen molar-refractivity contribution in [2.24, 2.45) is 5.92 Å². The minimum atomic E-state index is 0.564. The van der Waals surface area contributed by atoms with Crippen molar-refractivity contribution in [3.8, 4) is 0 Å². The zero-order valence-electron chi connectivity index (χ0n) is 13.3. The van der Waals surface area contributed by atoms with Gasteiger partial charge in [0.25, 0.3) is 0 Å². The van der Waals surface area contributed by atoms with Crippen molar-refractivity contribution in [1.82, 2.24) is 10.2 Å². The standard InChI is InChI=1S/C19H30N2/c1-3-9-17(10-4-1)19(18-11-5-2-6-12-18)20-13-16-21-14-7-8-15-21/h1,3-4,9-10,18-20H,2,5-8,11-16H2. The quantitative estimate of drug-likeness (QED) is 0.850. The molecule has 1 aromatic rings. The van der Waals surface area contributed by atoms with Gasteiger partial charge in [-0.15, -0.1) is 0 Å². The smallest absolute Gasteiger partial charge is 0.0349 e. The Morgan fingerprint density at radius 1 is 0.952 bits per heavy atom. The number of benzene rings is 1. The molecule has 1 aromatic carbocycles. The van der Waals surface area contributed by atoms with Gasteiger partial charge in [-0.2, -0.15) is 0 Å². The molecule has 0 radical (unpaired) electrons. The van der Waals surface area contributed by atoms with Crippen LogP contribution >= 0.6 is 0 Å². The van der Waals surface area contributed by atoms with Gasteiger partial charge in [-0.05, 0) is 50.3 Å². The first-order chi connectivity index (χ1) is 10.4.